The van der Waals surface area contributed by atoms with E-state index in [9.17, 15) is 4.79 Å². The molecule has 0 aromatic heterocycles. The van der Waals surface area contributed by atoms with Gasteiger partial charge in [0, 0.05) is 25.0 Å². The van der Waals surface area contributed by atoms with Crippen molar-refractivity contribution >= 4 is 21.8 Å². The van der Waals surface area contributed by atoms with E-state index in [1.54, 1.807) is 19.0 Å². The summed E-state index contributed by atoms with van der Waals surface area (Å²) in [6, 6.07) is 7.80. The highest BCUT2D eigenvalue weighted by molar-refractivity contribution is 9.09. The van der Waals surface area contributed by atoms with E-state index >= 15 is 0 Å². The molecule has 0 N–H and O–H groups in total. The molecule has 0 aliphatic heterocycles. The molecule has 1 atom stereocenters. The smallest absolute Gasteiger partial charge is 0.253 e. The summed E-state index contributed by atoms with van der Waals surface area (Å²) in [5.41, 5.74) is 1.99. The quantitative estimate of drug-likeness (QED) is 0.773. The summed E-state index contributed by atoms with van der Waals surface area (Å²) >= 11 is 3.45. The molecule has 0 heterocycles. The molecule has 1 aromatic carbocycles. The van der Waals surface area contributed by atoms with Gasteiger partial charge in [-0.2, -0.15) is 0 Å². The number of nitrogens with zero attached hydrogens (tertiary/aromatic N) is 1. The van der Waals surface area contributed by atoms with Crippen LogP contribution in [0.15, 0.2) is 24.3 Å². The van der Waals surface area contributed by atoms with Crippen LogP contribution in [0.4, 0.5) is 0 Å². The predicted molar refractivity (Wildman–Crippen MR) is 66.7 cm³/mol. The van der Waals surface area contributed by atoms with Crippen LogP contribution in [0.25, 0.3) is 0 Å². The van der Waals surface area contributed by atoms with E-state index in [1.807, 2.05) is 24.3 Å². The maximum atomic E-state index is 11.6. The van der Waals surface area contributed by atoms with Crippen LogP contribution in [0.1, 0.15) is 28.8 Å². The summed E-state index contributed by atoms with van der Waals surface area (Å²) in [5, 5.41) is 0.938. The van der Waals surface area contributed by atoms with Crippen molar-refractivity contribution in [3.05, 3.63) is 35.4 Å². The lowest BCUT2D eigenvalue weighted by Crippen LogP contribution is -2.21. The molecule has 3 heteroatoms. The molecule has 1 amide bonds. The van der Waals surface area contributed by atoms with Gasteiger partial charge in [0.1, 0.15) is 0 Å². The minimum atomic E-state index is 0.0491. The maximum absolute atomic E-state index is 11.6. The van der Waals surface area contributed by atoms with Crippen LogP contribution in [0.3, 0.4) is 0 Å². The highest BCUT2D eigenvalue weighted by Gasteiger charge is 2.08. The molecular formula is C12H16BrNO. The number of hydrogen-bond donors (Lipinski definition) is 0. The first-order valence-corrected chi connectivity index (χ1v) is 6.06. The second-order valence-corrected chi connectivity index (χ2v) is 4.52. The van der Waals surface area contributed by atoms with Crippen LogP contribution in [0, 0.1) is 0 Å². The van der Waals surface area contributed by atoms with Crippen molar-refractivity contribution in [2.45, 2.75) is 12.8 Å². The van der Waals surface area contributed by atoms with Crippen molar-refractivity contribution in [1.82, 2.24) is 4.90 Å². The van der Waals surface area contributed by atoms with E-state index in [2.05, 4.69) is 22.9 Å². The Bertz CT molecular complexity index is 332. The summed E-state index contributed by atoms with van der Waals surface area (Å²) in [4.78, 5) is 13.2. The van der Waals surface area contributed by atoms with Gasteiger partial charge < -0.3 is 4.90 Å². The van der Waals surface area contributed by atoms with Crippen LogP contribution < -0.4 is 0 Å². The van der Waals surface area contributed by atoms with Crippen molar-refractivity contribution in [2.75, 3.05) is 19.4 Å². The van der Waals surface area contributed by atoms with Gasteiger partial charge in [-0.1, -0.05) is 35.0 Å². The van der Waals surface area contributed by atoms with Gasteiger partial charge >= 0.3 is 0 Å². The Morgan fingerprint density at radius 3 is 2.27 bits per heavy atom. The highest BCUT2D eigenvalue weighted by atomic mass is 79.9. The minimum Gasteiger partial charge on any atom is -0.345 e. The molecule has 0 spiro atoms. The van der Waals surface area contributed by atoms with Gasteiger partial charge in [-0.25, -0.2) is 0 Å². The fourth-order valence-corrected chi connectivity index (χ4v) is 1.68. The molecule has 0 radical (unpaired) electrons. The molecule has 1 rings (SSSR count). The number of hydrogen-bond acceptors (Lipinski definition) is 1. The molecule has 1 unspecified atom stereocenters. The Labute approximate surface area is 99.4 Å². The molecule has 0 saturated carbocycles. The zero-order valence-electron chi connectivity index (χ0n) is 9.33. The first-order chi connectivity index (χ1) is 7.06. The van der Waals surface area contributed by atoms with Crippen LogP contribution in [0.2, 0.25) is 0 Å². The normalized spacial score (nSPS) is 12.3. The van der Waals surface area contributed by atoms with Gasteiger partial charge in [0.25, 0.3) is 5.91 Å². The molecule has 0 aliphatic rings. The largest absolute Gasteiger partial charge is 0.345 e. The average molecular weight is 270 g/mol. The zero-order chi connectivity index (χ0) is 11.4. The zero-order valence-corrected chi connectivity index (χ0v) is 10.9. The summed E-state index contributed by atoms with van der Waals surface area (Å²) in [6.07, 6.45) is 0. The van der Waals surface area contributed by atoms with Crippen molar-refractivity contribution in [3.63, 3.8) is 0 Å². The standard InChI is InChI=1S/C12H16BrNO/c1-9(8-13)10-4-6-11(7-5-10)12(15)14(2)3/h4-7,9H,8H2,1-3H3. The third-order valence-corrected chi connectivity index (χ3v) is 3.34. The van der Waals surface area contributed by atoms with E-state index in [4.69, 9.17) is 0 Å². The number of rotatable bonds is 3. The van der Waals surface area contributed by atoms with Gasteiger partial charge in [0.15, 0.2) is 0 Å². The Morgan fingerprint density at radius 2 is 1.87 bits per heavy atom. The summed E-state index contributed by atoms with van der Waals surface area (Å²) < 4.78 is 0. The molecule has 0 saturated heterocycles. The summed E-state index contributed by atoms with van der Waals surface area (Å²) in [6.45, 7) is 2.15. The number of carbonyl (C=O) groups is 1. The minimum absolute atomic E-state index is 0.0491. The van der Waals surface area contributed by atoms with Gasteiger partial charge in [0.2, 0.25) is 0 Å². The molecule has 0 bridgehead atoms. The van der Waals surface area contributed by atoms with Crippen LogP contribution >= 0.6 is 15.9 Å². The van der Waals surface area contributed by atoms with Crippen molar-refractivity contribution in [1.29, 1.82) is 0 Å². The third-order valence-electron chi connectivity index (χ3n) is 2.36. The van der Waals surface area contributed by atoms with E-state index in [0.717, 1.165) is 10.9 Å². The van der Waals surface area contributed by atoms with Crippen LogP contribution in [0.5, 0.6) is 0 Å². The van der Waals surface area contributed by atoms with Crippen molar-refractivity contribution < 1.29 is 4.79 Å². The van der Waals surface area contributed by atoms with Crippen molar-refractivity contribution in [2.24, 2.45) is 0 Å². The van der Waals surface area contributed by atoms with Gasteiger partial charge in [-0.15, -0.1) is 0 Å². The SMILES string of the molecule is CC(CBr)c1ccc(C(=O)N(C)C)cc1. The second-order valence-electron chi connectivity index (χ2n) is 3.88. The number of alkyl halides is 1. The van der Waals surface area contributed by atoms with E-state index in [0.29, 0.717) is 5.92 Å². The monoisotopic (exact) mass is 269 g/mol. The lowest BCUT2D eigenvalue weighted by atomic mass is 10.0. The first-order valence-electron chi connectivity index (χ1n) is 4.94. The lowest BCUT2D eigenvalue weighted by Gasteiger charge is -2.12. The van der Waals surface area contributed by atoms with Gasteiger partial charge in [-0.05, 0) is 23.6 Å². The Balaban J connectivity index is 2.85. The molecule has 2 nitrogen and oxygen atoms in total. The maximum Gasteiger partial charge on any atom is 0.253 e. The number of carbonyl (C=O) groups excluding carboxylic acids is 1. The fraction of sp³-hybridized carbons (Fsp3) is 0.417. The van der Waals surface area contributed by atoms with Crippen molar-refractivity contribution in [3.8, 4) is 0 Å². The third kappa shape index (κ3) is 3.06. The summed E-state index contributed by atoms with van der Waals surface area (Å²) in [5.74, 6) is 0.529. The Kier molecular flexibility index (Phi) is 4.33. The number of benzene rings is 1. The Hall–Kier alpha value is -0.830. The fourth-order valence-electron chi connectivity index (χ4n) is 1.30. The highest BCUT2D eigenvalue weighted by Crippen LogP contribution is 2.18. The second kappa shape index (κ2) is 5.31. The molecule has 1 aromatic rings. The number of amides is 1. The van der Waals surface area contributed by atoms with Gasteiger partial charge in [-0.3, -0.25) is 4.79 Å². The van der Waals surface area contributed by atoms with Gasteiger partial charge in [0.05, 0.1) is 0 Å². The molecule has 82 valence electrons. The average Bonchev–Trinajstić information content (AvgIpc) is 2.27. The van der Waals surface area contributed by atoms with E-state index < -0.39 is 0 Å². The summed E-state index contributed by atoms with van der Waals surface area (Å²) in [7, 11) is 3.52. The molecular weight excluding hydrogens is 254 g/mol. The first kappa shape index (κ1) is 12.2. The number of halogens is 1. The van der Waals surface area contributed by atoms with Crippen LogP contribution in [-0.4, -0.2) is 30.2 Å². The van der Waals surface area contributed by atoms with Crippen LogP contribution in [-0.2, 0) is 0 Å². The van der Waals surface area contributed by atoms with E-state index in [1.165, 1.54) is 5.56 Å². The topological polar surface area (TPSA) is 20.3 Å². The van der Waals surface area contributed by atoms with E-state index in [-0.39, 0.29) is 5.91 Å². The molecule has 0 aliphatic carbocycles. The lowest BCUT2D eigenvalue weighted by molar-refractivity contribution is 0.0827. The molecule has 15 heavy (non-hydrogen) atoms. The predicted octanol–water partition coefficient (Wildman–Crippen LogP) is 2.89. The molecule has 0 fully saturated rings. The Morgan fingerprint density at radius 1 is 1.33 bits per heavy atom.